The summed E-state index contributed by atoms with van der Waals surface area (Å²) in [6.07, 6.45) is 0. The van der Waals surface area contributed by atoms with E-state index in [0.29, 0.717) is 0 Å². The van der Waals surface area contributed by atoms with Crippen molar-refractivity contribution in [3.63, 3.8) is 0 Å². The van der Waals surface area contributed by atoms with E-state index in [1.54, 1.807) is 0 Å². The SMILES string of the molecule is Cc1ccc(N(c2ccc(C)cc2)c2ccc(N3c4ccc(C(C)(C)C)cc4B4c5sc6ccc(C(C)(C)C)cc6c5N(c5ccc(C(C)(C)C)cc5)c5cc(C)cc3c54)c3c2C(C)(C)c2ccccc2-3)cc1. The Hall–Kier alpha value is -6.82. The van der Waals surface area contributed by atoms with Gasteiger partial charge < -0.3 is 14.7 Å². The van der Waals surface area contributed by atoms with Crippen molar-refractivity contribution < 1.29 is 0 Å². The molecule has 1 aliphatic carbocycles. The van der Waals surface area contributed by atoms with E-state index in [9.17, 15) is 0 Å². The van der Waals surface area contributed by atoms with Crippen molar-refractivity contribution in [2.24, 2.45) is 0 Å². The van der Waals surface area contributed by atoms with E-state index in [1.807, 2.05) is 11.3 Å². The van der Waals surface area contributed by atoms with Crippen LogP contribution in [0.25, 0.3) is 21.2 Å². The van der Waals surface area contributed by atoms with Gasteiger partial charge in [-0.05, 0) is 166 Å². The van der Waals surface area contributed by atoms with Crippen molar-refractivity contribution in [2.45, 2.75) is 119 Å². The molecule has 1 aromatic heterocycles. The molecule has 12 rings (SSSR count). The van der Waals surface area contributed by atoms with Crippen molar-refractivity contribution >= 4 is 95.0 Å². The number of anilines is 9. The van der Waals surface area contributed by atoms with Crippen molar-refractivity contribution in [1.29, 1.82) is 0 Å². The Balaban J connectivity index is 1.19. The number of fused-ring (bicyclic) bond motifs is 9. The average Bonchev–Trinajstić information content (AvgIpc) is 3.85. The molecule has 0 atom stereocenters. The summed E-state index contributed by atoms with van der Waals surface area (Å²) in [5.74, 6) is 0. The summed E-state index contributed by atoms with van der Waals surface area (Å²) >= 11 is 1.99. The second-order valence-corrected chi connectivity index (χ2v) is 26.0. The van der Waals surface area contributed by atoms with Crippen LogP contribution in [0.15, 0.2) is 158 Å². The zero-order chi connectivity index (χ0) is 51.3. The molecule has 364 valence electrons. The summed E-state index contributed by atoms with van der Waals surface area (Å²) in [4.78, 5) is 7.80. The van der Waals surface area contributed by atoms with Crippen LogP contribution in [0.4, 0.5) is 51.2 Å². The van der Waals surface area contributed by atoms with E-state index in [4.69, 9.17) is 0 Å². The third kappa shape index (κ3) is 7.43. The molecule has 0 saturated heterocycles. The van der Waals surface area contributed by atoms with Crippen LogP contribution in [-0.2, 0) is 21.7 Å². The van der Waals surface area contributed by atoms with Crippen molar-refractivity contribution in [3.05, 3.63) is 202 Å². The smallest absolute Gasteiger partial charge is 0.264 e. The zero-order valence-electron chi connectivity index (χ0n) is 45.3. The zero-order valence-corrected chi connectivity index (χ0v) is 46.2. The van der Waals surface area contributed by atoms with Crippen LogP contribution in [0.5, 0.6) is 0 Å². The molecule has 3 nitrogen and oxygen atoms in total. The molecular weight excluding hydrogens is 902 g/mol. The van der Waals surface area contributed by atoms with Crippen LogP contribution in [0.1, 0.15) is 121 Å². The fourth-order valence-corrected chi connectivity index (χ4v) is 13.5. The third-order valence-electron chi connectivity index (χ3n) is 16.3. The van der Waals surface area contributed by atoms with Crippen LogP contribution in [-0.4, -0.2) is 6.71 Å². The maximum Gasteiger partial charge on any atom is 0.264 e. The van der Waals surface area contributed by atoms with Crippen LogP contribution in [0.3, 0.4) is 0 Å². The highest BCUT2D eigenvalue weighted by atomic mass is 32.1. The number of nitrogens with zero attached hydrogens (tertiary/aromatic N) is 3. The molecule has 3 heterocycles. The summed E-state index contributed by atoms with van der Waals surface area (Å²) in [5.41, 5.74) is 26.4. The number of benzene rings is 8. The minimum atomic E-state index is -0.317. The van der Waals surface area contributed by atoms with E-state index in [1.165, 1.54) is 121 Å². The summed E-state index contributed by atoms with van der Waals surface area (Å²) in [5, 5.41) is 1.33. The lowest BCUT2D eigenvalue weighted by Crippen LogP contribution is -2.60. The van der Waals surface area contributed by atoms with Crippen molar-refractivity contribution in [1.82, 2.24) is 0 Å². The second kappa shape index (κ2) is 16.3. The van der Waals surface area contributed by atoms with E-state index >= 15 is 0 Å². The summed E-state index contributed by atoms with van der Waals surface area (Å²) in [6.45, 7) is 32.6. The molecule has 0 bridgehead atoms. The minimum Gasteiger partial charge on any atom is -0.311 e. The predicted octanol–water partition coefficient (Wildman–Crippen LogP) is 17.6. The van der Waals surface area contributed by atoms with Gasteiger partial charge in [0.2, 0.25) is 0 Å². The van der Waals surface area contributed by atoms with Gasteiger partial charge in [-0.15, -0.1) is 11.3 Å². The fraction of sp³-hybridized carbons (Fsp3) is 0.265. The molecular formula is C68H68BN3S. The van der Waals surface area contributed by atoms with Crippen molar-refractivity contribution in [3.8, 4) is 11.1 Å². The van der Waals surface area contributed by atoms with Gasteiger partial charge in [0.15, 0.2) is 0 Å². The fourth-order valence-electron chi connectivity index (χ4n) is 12.2. The Kier molecular flexibility index (Phi) is 10.6. The highest BCUT2D eigenvalue weighted by molar-refractivity contribution is 7.33. The topological polar surface area (TPSA) is 9.72 Å². The van der Waals surface area contributed by atoms with Crippen LogP contribution >= 0.6 is 11.3 Å². The van der Waals surface area contributed by atoms with E-state index < -0.39 is 0 Å². The molecule has 3 aliphatic rings. The molecule has 0 spiro atoms. The van der Waals surface area contributed by atoms with Crippen LogP contribution in [0, 0.1) is 20.8 Å². The lowest BCUT2D eigenvalue weighted by molar-refractivity contribution is 0.590. The normalized spacial score (nSPS) is 14.5. The number of rotatable bonds is 5. The standard InChI is InChI=1S/C68H68BN3S/c1-41-19-27-47(28-20-41)70(48-29-21-42(2)22-30-48)56-35-34-55(60-50-17-15-16-18-52(50)68(13,14)61(56)60)72-54-33-25-46(67(10,11)12)40-53(54)69-62-57(37-43(3)38-58(62)72)71(49-31-23-44(24-32-49)65(4,5)6)63-51-39-45(66(7,8)9)26-36-59(51)73-64(63)69/h15-40H,1-14H3. The quantitative estimate of drug-likeness (QED) is 0.159. The number of hydrogen-bond acceptors (Lipinski definition) is 4. The minimum absolute atomic E-state index is 0.00161. The molecule has 0 radical (unpaired) electrons. The molecule has 5 heteroatoms. The van der Waals surface area contributed by atoms with Gasteiger partial charge >= 0.3 is 0 Å². The summed E-state index contributed by atoms with van der Waals surface area (Å²) in [7, 11) is 0. The molecule has 0 amide bonds. The van der Waals surface area contributed by atoms with Gasteiger partial charge in [0, 0.05) is 60.0 Å². The molecule has 73 heavy (non-hydrogen) atoms. The van der Waals surface area contributed by atoms with Crippen LogP contribution in [0.2, 0.25) is 0 Å². The molecule has 0 fully saturated rings. The van der Waals surface area contributed by atoms with Gasteiger partial charge in [0.25, 0.3) is 6.71 Å². The first-order valence-corrected chi connectivity index (χ1v) is 27.2. The first-order chi connectivity index (χ1) is 34.6. The number of thiophene rings is 1. The van der Waals surface area contributed by atoms with Gasteiger partial charge in [0.1, 0.15) is 0 Å². The summed E-state index contributed by atoms with van der Waals surface area (Å²) in [6, 6.07) is 61.3. The Morgan fingerprint density at radius 3 is 1.67 bits per heavy atom. The Bertz CT molecular complexity index is 3640. The number of aryl methyl sites for hydroxylation is 3. The molecule has 8 aromatic carbocycles. The average molecular weight is 970 g/mol. The predicted molar refractivity (Wildman–Crippen MR) is 318 cm³/mol. The Morgan fingerprint density at radius 1 is 0.507 bits per heavy atom. The molecule has 0 unspecified atom stereocenters. The highest BCUT2D eigenvalue weighted by Gasteiger charge is 2.48. The second-order valence-electron chi connectivity index (χ2n) is 24.9. The maximum absolute atomic E-state index is 2.67. The first kappa shape index (κ1) is 47.2. The molecule has 0 N–H and O–H groups in total. The lowest BCUT2D eigenvalue weighted by Gasteiger charge is -2.44. The first-order valence-electron chi connectivity index (χ1n) is 26.4. The Labute approximate surface area is 439 Å². The maximum atomic E-state index is 2.67. The summed E-state index contributed by atoms with van der Waals surface area (Å²) < 4.78 is 2.74. The van der Waals surface area contributed by atoms with Gasteiger partial charge in [-0.3, -0.25) is 0 Å². The van der Waals surface area contributed by atoms with Gasteiger partial charge in [-0.2, -0.15) is 0 Å². The van der Waals surface area contributed by atoms with Crippen molar-refractivity contribution in [2.75, 3.05) is 14.7 Å². The van der Waals surface area contributed by atoms with Gasteiger partial charge in [-0.25, -0.2) is 0 Å². The van der Waals surface area contributed by atoms with Gasteiger partial charge in [0.05, 0.1) is 17.1 Å². The van der Waals surface area contributed by atoms with E-state index in [2.05, 4.69) is 269 Å². The van der Waals surface area contributed by atoms with Crippen LogP contribution < -0.4 is 30.4 Å². The lowest BCUT2D eigenvalue weighted by atomic mass is 9.36. The van der Waals surface area contributed by atoms with E-state index in [-0.39, 0.29) is 28.4 Å². The van der Waals surface area contributed by atoms with E-state index in [0.717, 1.165) is 11.4 Å². The number of hydrogen-bond donors (Lipinski definition) is 0. The highest BCUT2D eigenvalue weighted by Crippen LogP contribution is 2.60. The largest absolute Gasteiger partial charge is 0.311 e. The Morgan fingerprint density at radius 2 is 1.05 bits per heavy atom. The molecule has 0 saturated carbocycles. The molecule has 2 aliphatic heterocycles. The monoisotopic (exact) mass is 970 g/mol. The van der Waals surface area contributed by atoms with Gasteiger partial charge in [-0.1, -0.05) is 166 Å². The third-order valence-corrected chi connectivity index (χ3v) is 17.5. The molecule has 9 aromatic rings.